The Labute approximate surface area is 124 Å². The number of morpholine rings is 1. The monoisotopic (exact) mass is 300 g/mol. The van der Waals surface area contributed by atoms with Crippen LogP contribution in [0, 0.1) is 0 Å². The van der Waals surface area contributed by atoms with Gasteiger partial charge < -0.3 is 24.7 Å². The number of aliphatic carboxylic acids is 1. The van der Waals surface area contributed by atoms with Crippen molar-refractivity contribution >= 4 is 12.0 Å². The van der Waals surface area contributed by atoms with Crippen LogP contribution in [0.25, 0.3) is 0 Å². The summed E-state index contributed by atoms with van der Waals surface area (Å²) in [6.45, 7) is 2.14. The Hall–Kier alpha value is -1.34. The van der Waals surface area contributed by atoms with Gasteiger partial charge in [0, 0.05) is 32.3 Å². The fourth-order valence-corrected chi connectivity index (χ4v) is 3.11. The second-order valence-electron chi connectivity index (χ2n) is 5.67. The van der Waals surface area contributed by atoms with E-state index in [0.29, 0.717) is 26.1 Å². The molecule has 2 heterocycles. The maximum absolute atomic E-state index is 12.6. The van der Waals surface area contributed by atoms with Crippen LogP contribution in [0.5, 0.6) is 0 Å². The number of carbonyl (C=O) groups is 2. The van der Waals surface area contributed by atoms with Crippen molar-refractivity contribution < 1.29 is 24.5 Å². The van der Waals surface area contributed by atoms with Crippen molar-refractivity contribution in [2.24, 2.45) is 0 Å². The van der Waals surface area contributed by atoms with Crippen LogP contribution in [0.1, 0.15) is 32.1 Å². The lowest BCUT2D eigenvalue weighted by Crippen LogP contribution is -2.52. The molecule has 2 fully saturated rings. The maximum Gasteiger partial charge on any atom is 0.320 e. The smallest absolute Gasteiger partial charge is 0.320 e. The van der Waals surface area contributed by atoms with E-state index in [0.717, 1.165) is 25.8 Å². The van der Waals surface area contributed by atoms with Crippen LogP contribution < -0.4 is 0 Å². The molecule has 0 spiro atoms. The summed E-state index contributed by atoms with van der Waals surface area (Å²) in [5, 5.41) is 17.8. The van der Waals surface area contributed by atoms with Gasteiger partial charge in [0.05, 0.1) is 19.1 Å². The fourth-order valence-electron chi connectivity index (χ4n) is 3.11. The SMILES string of the molecule is O=C(O)CC1CN(C(=O)N2CCCC2CCCO)CCO1. The highest BCUT2D eigenvalue weighted by Crippen LogP contribution is 2.23. The number of urea groups is 1. The molecular weight excluding hydrogens is 276 g/mol. The number of carboxylic acids is 1. The van der Waals surface area contributed by atoms with Crippen LogP contribution in [0.3, 0.4) is 0 Å². The van der Waals surface area contributed by atoms with Crippen LogP contribution in [-0.2, 0) is 9.53 Å². The van der Waals surface area contributed by atoms with Crippen LogP contribution in [0.2, 0.25) is 0 Å². The molecule has 2 N–H and O–H groups in total. The highest BCUT2D eigenvalue weighted by atomic mass is 16.5. The number of likely N-dealkylation sites (tertiary alicyclic amines) is 1. The zero-order chi connectivity index (χ0) is 15.2. The Morgan fingerprint density at radius 1 is 1.29 bits per heavy atom. The van der Waals surface area contributed by atoms with Gasteiger partial charge in [-0.3, -0.25) is 4.79 Å². The van der Waals surface area contributed by atoms with E-state index in [4.69, 9.17) is 14.9 Å². The molecule has 2 saturated heterocycles. The van der Waals surface area contributed by atoms with Crippen molar-refractivity contribution in [2.75, 3.05) is 32.8 Å². The summed E-state index contributed by atoms with van der Waals surface area (Å²) in [6.07, 6.45) is 3.01. The van der Waals surface area contributed by atoms with E-state index in [1.807, 2.05) is 4.90 Å². The molecule has 2 aliphatic heterocycles. The van der Waals surface area contributed by atoms with Gasteiger partial charge in [0.2, 0.25) is 0 Å². The summed E-state index contributed by atoms with van der Waals surface area (Å²) in [4.78, 5) is 26.9. The minimum Gasteiger partial charge on any atom is -0.481 e. The first-order valence-electron chi connectivity index (χ1n) is 7.61. The summed E-state index contributed by atoms with van der Waals surface area (Å²) < 4.78 is 5.40. The summed E-state index contributed by atoms with van der Waals surface area (Å²) in [7, 11) is 0. The number of nitrogens with zero attached hydrogens (tertiary/aromatic N) is 2. The Morgan fingerprint density at radius 3 is 2.81 bits per heavy atom. The van der Waals surface area contributed by atoms with Crippen molar-refractivity contribution in [3.05, 3.63) is 0 Å². The van der Waals surface area contributed by atoms with E-state index < -0.39 is 12.1 Å². The molecule has 0 aromatic heterocycles. The number of aliphatic hydroxyl groups excluding tert-OH is 1. The lowest BCUT2D eigenvalue weighted by molar-refractivity contribution is -0.141. The first kappa shape index (κ1) is 16.0. The lowest BCUT2D eigenvalue weighted by atomic mass is 10.1. The zero-order valence-electron chi connectivity index (χ0n) is 12.2. The van der Waals surface area contributed by atoms with Gasteiger partial charge in [0.25, 0.3) is 0 Å². The van der Waals surface area contributed by atoms with Crippen LogP contribution in [0.15, 0.2) is 0 Å². The molecule has 0 aliphatic carbocycles. The molecule has 0 aromatic rings. The summed E-state index contributed by atoms with van der Waals surface area (Å²) in [5.74, 6) is -0.906. The number of carbonyl (C=O) groups excluding carboxylic acids is 1. The molecule has 120 valence electrons. The molecule has 2 rings (SSSR count). The molecule has 21 heavy (non-hydrogen) atoms. The van der Waals surface area contributed by atoms with Crippen LogP contribution in [0.4, 0.5) is 4.79 Å². The first-order valence-corrected chi connectivity index (χ1v) is 7.61. The van der Waals surface area contributed by atoms with Crippen LogP contribution in [-0.4, -0.2) is 77.0 Å². The van der Waals surface area contributed by atoms with Crippen molar-refractivity contribution in [3.63, 3.8) is 0 Å². The minimum atomic E-state index is -0.906. The van der Waals surface area contributed by atoms with E-state index >= 15 is 0 Å². The normalized spacial score (nSPS) is 26.1. The average Bonchev–Trinajstić information content (AvgIpc) is 2.92. The quantitative estimate of drug-likeness (QED) is 0.772. The third kappa shape index (κ3) is 4.31. The number of hydrogen-bond acceptors (Lipinski definition) is 4. The summed E-state index contributed by atoms with van der Waals surface area (Å²) in [6, 6.07) is 0.180. The Morgan fingerprint density at radius 2 is 2.10 bits per heavy atom. The second-order valence-corrected chi connectivity index (χ2v) is 5.67. The summed E-state index contributed by atoms with van der Waals surface area (Å²) in [5.41, 5.74) is 0. The molecule has 0 saturated carbocycles. The molecule has 7 nitrogen and oxygen atoms in total. The van der Waals surface area contributed by atoms with Crippen molar-refractivity contribution in [2.45, 2.75) is 44.2 Å². The number of aliphatic hydroxyl groups is 1. The molecule has 2 atom stereocenters. The summed E-state index contributed by atoms with van der Waals surface area (Å²) >= 11 is 0. The van der Waals surface area contributed by atoms with Crippen molar-refractivity contribution in [1.82, 2.24) is 9.80 Å². The van der Waals surface area contributed by atoms with Crippen molar-refractivity contribution in [3.8, 4) is 0 Å². The Kier molecular flexibility index (Phi) is 5.81. The molecule has 0 aromatic carbocycles. The van der Waals surface area contributed by atoms with Gasteiger partial charge in [-0.2, -0.15) is 0 Å². The van der Waals surface area contributed by atoms with Gasteiger partial charge in [0.15, 0.2) is 0 Å². The number of rotatable bonds is 5. The van der Waals surface area contributed by atoms with Crippen molar-refractivity contribution in [1.29, 1.82) is 0 Å². The lowest BCUT2D eigenvalue weighted by Gasteiger charge is -2.36. The van der Waals surface area contributed by atoms with Gasteiger partial charge in [0.1, 0.15) is 0 Å². The van der Waals surface area contributed by atoms with E-state index in [9.17, 15) is 9.59 Å². The maximum atomic E-state index is 12.6. The molecule has 2 unspecified atom stereocenters. The van der Waals surface area contributed by atoms with Gasteiger partial charge in [-0.1, -0.05) is 0 Å². The van der Waals surface area contributed by atoms with Gasteiger partial charge in [-0.05, 0) is 25.7 Å². The molecule has 2 amide bonds. The van der Waals surface area contributed by atoms with E-state index in [2.05, 4.69) is 0 Å². The zero-order valence-corrected chi connectivity index (χ0v) is 12.2. The largest absolute Gasteiger partial charge is 0.481 e. The Bertz CT molecular complexity index is 376. The molecule has 0 bridgehead atoms. The average molecular weight is 300 g/mol. The van der Waals surface area contributed by atoms with Gasteiger partial charge >= 0.3 is 12.0 Å². The third-order valence-electron chi connectivity index (χ3n) is 4.13. The van der Waals surface area contributed by atoms with E-state index in [1.165, 1.54) is 0 Å². The van der Waals surface area contributed by atoms with E-state index in [1.54, 1.807) is 4.90 Å². The first-order chi connectivity index (χ1) is 10.1. The van der Waals surface area contributed by atoms with E-state index in [-0.39, 0.29) is 25.1 Å². The topological polar surface area (TPSA) is 90.3 Å². The number of amides is 2. The molecule has 2 aliphatic rings. The number of hydrogen-bond donors (Lipinski definition) is 2. The van der Waals surface area contributed by atoms with Gasteiger partial charge in [-0.15, -0.1) is 0 Å². The minimum absolute atomic E-state index is 0.0193. The number of carboxylic acid groups (broad SMARTS) is 1. The number of ether oxygens (including phenoxy) is 1. The predicted molar refractivity (Wildman–Crippen MR) is 75.0 cm³/mol. The second kappa shape index (κ2) is 7.61. The third-order valence-corrected chi connectivity index (χ3v) is 4.13. The highest BCUT2D eigenvalue weighted by Gasteiger charge is 2.34. The fraction of sp³-hybridized carbons (Fsp3) is 0.857. The van der Waals surface area contributed by atoms with Gasteiger partial charge in [-0.25, -0.2) is 4.79 Å². The van der Waals surface area contributed by atoms with Crippen LogP contribution >= 0.6 is 0 Å². The molecular formula is C14H24N2O5. The molecule has 0 radical (unpaired) electrons. The Balaban J connectivity index is 1.90. The highest BCUT2D eigenvalue weighted by molar-refractivity contribution is 5.75. The predicted octanol–water partition coefficient (Wildman–Crippen LogP) is 0.519. The molecule has 7 heteroatoms. The standard InChI is InChI=1S/C14H24N2O5/c17-7-2-4-11-3-1-5-16(11)14(20)15-6-8-21-12(10-15)9-13(18)19/h11-12,17H,1-10H2,(H,18,19).